The number of benzene rings is 2. The highest BCUT2D eigenvalue weighted by Gasteiger charge is 2.22. The van der Waals surface area contributed by atoms with Crippen LogP contribution in [-0.4, -0.2) is 58.4 Å². The van der Waals surface area contributed by atoms with E-state index in [0.717, 1.165) is 54.0 Å². The highest BCUT2D eigenvalue weighted by Crippen LogP contribution is 2.17. The van der Waals surface area contributed by atoms with Gasteiger partial charge in [-0.25, -0.2) is 14.4 Å². The summed E-state index contributed by atoms with van der Waals surface area (Å²) in [4.78, 5) is 26.3. The van der Waals surface area contributed by atoms with Crippen LogP contribution in [0.4, 0.5) is 4.39 Å². The molecule has 0 atom stereocenters. The fraction of sp³-hybridized carbons (Fsp3) is 0.348. The van der Waals surface area contributed by atoms with Gasteiger partial charge in [-0.05, 0) is 56.2 Å². The summed E-state index contributed by atoms with van der Waals surface area (Å²) in [5, 5.41) is 0. The van der Waals surface area contributed by atoms with E-state index in [4.69, 9.17) is 0 Å². The molecule has 0 spiro atoms. The molecule has 0 radical (unpaired) electrons. The summed E-state index contributed by atoms with van der Waals surface area (Å²) in [6, 6.07) is 12.2. The van der Waals surface area contributed by atoms with E-state index in [1.165, 1.54) is 12.1 Å². The summed E-state index contributed by atoms with van der Waals surface area (Å²) in [7, 11) is 0. The summed E-state index contributed by atoms with van der Waals surface area (Å²) in [6.45, 7) is 7.89. The number of halogens is 1. The summed E-state index contributed by atoms with van der Waals surface area (Å²) >= 11 is 0. The molecule has 5 nitrogen and oxygen atoms in total. The minimum absolute atomic E-state index is 0.0464. The van der Waals surface area contributed by atoms with Crippen molar-refractivity contribution < 1.29 is 9.18 Å². The van der Waals surface area contributed by atoms with E-state index in [1.807, 2.05) is 49.1 Å². The largest absolute Gasteiger partial charge is 0.336 e. The second kappa shape index (κ2) is 8.25. The van der Waals surface area contributed by atoms with Gasteiger partial charge in [0.2, 0.25) is 0 Å². The molecule has 0 N–H and O–H groups in total. The summed E-state index contributed by atoms with van der Waals surface area (Å²) in [6.07, 6.45) is 0.885. The van der Waals surface area contributed by atoms with Crippen LogP contribution in [0.5, 0.6) is 0 Å². The number of amides is 1. The molecule has 1 aromatic heterocycles. The Labute approximate surface area is 170 Å². The number of carbonyl (C=O) groups excluding carboxylic acids is 1. The minimum atomic E-state index is -0.203. The summed E-state index contributed by atoms with van der Waals surface area (Å²) in [5.74, 6) is -0.157. The maximum Gasteiger partial charge on any atom is 0.254 e. The lowest BCUT2D eigenvalue weighted by molar-refractivity contribution is 0.0638. The zero-order chi connectivity index (χ0) is 20.4. The van der Waals surface area contributed by atoms with Crippen LogP contribution in [0.15, 0.2) is 42.5 Å². The second-order valence-corrected chi connectivity index (χ2v) is 7.61. The highest BCUT2D eigenvalue weighted by atomic mass is 19.1. The Bertz CT molecular complexity index is 1030. The Kier molecular flexibility index (Phi) is 5.53. The van der Waals surface area contributed by atoms with Crippen molar-refractivity contribution in [2.24, 2.45) is 0 Å². The van der Waals surface area contributed by atoms with E-state index in [9.17, 15) is 9.18 Å². The van der Waals surface area contributed by atoms with Gasteiger partial charge in [-0.2, -0.15) is 0 Å². The van der Waals surface area contributed by atoms with Gasteiger partial charge in [0, 0.05) is 38.3 Å². The number of nitrogens with zero attached hydrogens (tertiary/aromatic N) is 4. The van der Waals surface area contributed by atoms with Crippen molar-refractivity contribution >= 4 is 16.9 Å². The van der Waals surface area contributed by atoms with Crippen molar-refractivity contribution in [1.29, 1.82) is 0 Å². The quantitative estimate of drug-likeness (QED) is 0.683. The number of fused-ring (bicyclic) bond motifs is 1. The molecule has 2 heterocycles. The third kappa shape index (κ3) is 4.43. The zero-order valence-electron chi connectivity index (χ0n) is 16.9. The van der Waals surface area contributed by atoms with Crippen LogP contribution < -0.4 is 0 Å². The van der Waals surface area contributed by atoms with E-state index in [0.29, 0.717) is 18.7 Å². The van der Waals surface area contributed by atoms with Crippen molar-refractivity contribution in [1.82, 2.24) is 19.8 Å². The molecule has 3 aromatic rings. The molecule has 1 amide bonds. The van der Waals surface area contributed by atoms with Crippen LogP contribution in [0, 0.1) is 19.7 Å². The molecule has 0 saturated carbocycles. The topological polar surface area (TPSA) is 49.3 Å². The lowest BCUT2D eigenvalue weighted by atomic mass is 10.1. The molecule has 1 saturated heterocycles. The van der Waals surface area contributed by atoms with Gasteiger partial charge in [0.1, 0.15) is 5.82 Å². The predicted molar refractivity (Wildman–Crippen MR) is 111 cm³/mol. The average molecular weight is 392 g/mol. The lowest BCUT2D eigenvalue weighted by Crippen LogP contribution is -2.49. The first-order chi connectivity index (χ1) is 14.0. The van der Waals surface area contributed by atoms with Gasteiger partial charge in [-0.3, -0.25) is 9.69 Å². The Morgan fingerprint density at radius 3 is 2.28 bits per heavy atom. The maximum absolute atomic E-state index is 13.0. The number of piperazine rings is 1. The first-order valence-corrected chi connectivity index (χ1v) is 10.0. The third-order valence-electron chi connectivity index (χ3n) is 5.61. The van der Waals surface area contributed by atoms with Crippen LogP contribution in [0.1, 0.15) is 27.3 Å². The molecule has 0 unspecified atom stereocenters. The van der Waals surface area contributed by atoms with E-state index in [-0.39, 0.29) is 11.7 Å². The van der Waals surface area contributed by atoms with Crippen molar-refractivity contribution in [3.8, 4) is 0 Å². The summed E-state index contributed by atoms with van der Waals surface area (Å²) < 4.78 is 13.0. The number of rotatable bonds is 4. The Hall–Kier alpha value is -2.86. The molecular weight excluding hydrogens is 367 g/mol. The number of hydrogen-bond acceptors (Lipinski definition) is 4. The molecule has 6 heteroatoms. The fourth-order valence-electron chi connectivity index (χ4n) is 3.66. The molecule has 1 fully saturated rings. The number of carbonyl (C=O) groups is 1. The SMILES string of the molecule is Cc1nc2ccc(C(=O)N3CCN(CCc4ccc(F)cc4)CC3)cc2nc1C. The van der Waals surface area contributed by atoms with Gasteiger partial charge in [0.25, 0.3) is 5.91 Å². The first-order valence-electron chi connectivity index (χ1n) is 10.0. The van der Waals surface area contributed by atoms with Crippen LogP contribution >= 0.6 is 0 Å². The van der Waals surface area contributed by atoms with Crippen molar-refractivity contribution in [3.63, 3.8) is 0 Å². The smallest absolute Gasteiger partial charge is 0.254 e. The molecule has 1 aliphatic rings. The second-order valence-electron chi connectivity index (χ2n) is 7.61. The van der Waals surface area contributed by atoms with Gasteiger partial charge in [-0.1, -0.05) is 12.1 Å². The third-order valence-corrected chi connectivity index (χ3v) is 5.61. The standard InChI is InChI=1S/C23H25FN4O/c1-16-17(2)26-22-15-19(5-8-21(22)25-16)23(29)28-13-11-27(12-14-28)10-9-18-3-6-20(24)7-4-18/h3-8,15H,9-14H2,1-2H3. The zero-order valence-corrected chi connectivity index (χ0v) is 16.9. The van der Waals surface area contributed by atoms with Crippen molar-refractivity contribution in [3.05, 3.63) is 70.8 Å². The van der Waals surface area contributed by atoms with E-state index in [1.54, 1.807) is 0 Å². The minimum Gasteiger partial charge on any atom is -0.336 e. The normalized spacial score (nSPS) is 15.1. The molecule has 2 aromatic carbocycles. The van der Waals surface area contributed by atoms with Crippen LogP contribution in [0.2, 0.25) is 0 Å². The van der Waals surface area contributed by atoms with Gasteiger partial charge < -0.3 is 4.90 Å². The predicted octanol–water partition coefficient (Wildman–Crippen LogP) is 3.39. The number of aromatic nitrogens is 2. The van der Waals surface area contributed by atoms with Gasteiger partial charge >= 0.3 is 0 Å². The van der Waals surface area contributed by atoms with Gasteiger partial charge in [0.15, 0.2) is 0 Å². The van der Waals surface area contributed by atoms with Crippen LogP contribution in [0.3, 0.4) is 0 Å². The molecule has 150 valence electrons. The first kappa shape index (κ1) is 19.5. The van der Waals surface area contributed by atoms with Gasteiger partial charge in [-0.15, -0.1) is 0 Å². The Morgan fingerprint density at radius 2 is 1.59 bits per heavy atom. The Balaban J connectivity index is 1.35. The maximum atomic E-state index is 13.0. The molecule has 29 heavy (non-hydrogen) atoms. The monoisotopic (exact) mass is 392 g/mol. The van der Waals surface area contributed by atoms with Crippen molar-refractivity contribution in [2.45, 2.75) is 20.3 Å². The van der Waals surface area contributed by atoms with E-state index in [2.05, 4.69) is 14.9 Å². The summed E-state index contributed by atoms with van der Waals surface area (Å²) in [5.41, 5.74) is 5.17. The van der Waals surface area contributed by atoms with Crippen molar-refractivity contribution in [2.75, 3.05) is 32.7 Å². The van der Waals surface area contributed by atoms with Crippen LogP contribution in [-0.2, 0) is 6.42 Å². The Morgan fingerprint density at radius 1 is 0.931 bits per heavy atom. The van der Waals surface area contributed by atoms with Crippen LogP contribution in [0.25, 0.3) is 11.0 Å². The molecular formula is C23H25FN4O. The van der Waals surface area contributed by atoms with E-state index < -0.39 is 0 Å². The molecule has 1 aliphatic heterocycles. The van der Waals surface area contributed by atoms with Gasteiger partial charge in [0.05, 0.1) is 22.4 Å². The molecule has 0 bridgehead atoms. The molecule has 0 aliphatic carbocycles. The number of hydrogen-bond donors (Lipinski definition) is 0. The molecule has 4 rings (SSSR count). The lowest BCUT2D eigenvalue weighted by Gasteiger charge is -2.34. The number of aryl methyl sites for hydroxylation is 2. The van der Waals surface area contributed by atoms with E-state index >= 15 is 0 Å². The average Bonchev–Trinajstić information content (AvgIpc) is 2.74. The highest BCUT2D eigenvalue weighted by molar-refractivity contribution is 5.97. The fourth-order valence-corrected chi connectivity index (χ4v) is 3.66.